The van der Waals surface area contributed by atoms with Gasteiger partial charge in [0.05, 0.1) is 9.21 Å². The van der Waals surface area contributed by atoms with E-state index in [4.69, 9.17) is 17.3 Å². The average molecular weight is 212 g/mol. The van der Waals surface area contributed by atoms with Gasteiger partial charge in [-0.2, -0.15) is 0 Å². The molecule has 0 saturated heterocycles. The Kier molecular flexibility index (Phi) is 3.04. The minimum absolute atomic E-state index is 0.0158. The smallest absolute Gasteiger partial charge is 0.283 e. The van der Waals surface area contributed by atoms with E-state index in [1.54, 1.807) is 0 Å². The second-order valence-corrected chi connectivity index (χ2v) is 4.06. The first-order valence-corrected chi connectivity index (χ1v) is 4.59. The summed E-state index contributed by atoms with van der Waals surface area (Å²) in [6.07, 6.45) is -0.330. The molecule has 0 aliphatic carbocycles. The van der Waals surface area contributed by atoms with Crippen LogP contribution in [0.15, 0.2) is 12.1 Å². The van der Waals surface area contributed by atoms with Gasteiger partial charge in [0, 0.05) is 6.42 Å². The Bertz CT molecular complexity index is 262. The van der Waals surface area contributed by atoms with Crippen LogP contribution in [0.4, 0.5) is 8.78 Å². The molecular weight excluding hydrogens is 204 g/mol. The van der Waals surface area contributed by atoms with E-state index < -0.39 is 5.92 Å². The van der Waals surface area contributed by atoms with Gasteiger partial charge in [-0.3, -0.25) is 0 Å². The Balaban J connectivity index is 2.81. The lowest BCUT2D eigenvalue weighted by atomic mass is 10.2. The van der Waals surface area contributed by atoms with E-state index in [0.717, 1.165) is 11.3 Å². The summed E-state index contributed by atoms with van der Waals surface area (Å²) in [5, 5.41) is 0. The molecule has 1 aromatic heterocycles. The predicted molar refractivity (Wildman–Crippen MR) is 46.9 cm³/mol. The first-order valence-electron chi connectivity index (χ1n) is 3.40. The van der Waals surface area contributed by atoms with Gasteiger partial charge in [-0.05, 0) is 18.7 Å². The molecule has 12 heavy (non-hydrogen) atoms. The molecule has 1 nitrogen and oxygen atoms in total. The summed E-state index contributed by atoms with van der Waals surface area (Å²) in [7, 11) is 0. The van der Waals surface area contributed by atoms with Crippen molar-refractivity contribution in [1.29, 1.82) is 0 Å². The molecule has 0 atom stereocenters. The first-order chi connectivity index (χ1) is 5.56. The van der Waals surface area contributed by atoms with Gasteiger partial charge in [0.2, 0.25) is 0 Å². The molecule has 0 unspecified atom stereocenters. The molecule has 1 rings (SSSR count). The summed E-state index contributed by atoms with van der Waals surface area (Å²) in [6, 6.07) is 2.80. The zero-order chi connectivity index (χ0) is 9.19. The molecule has 1 aromatic rings. The van der Waals surface area contributed by atoms with Crippen LogP contribution >= 0.6 is 22.9 Å². The lowest BCUT2D eigenvalue weighted by Gasteiger charge is -2.12. The standard InChI is InChI=1S/C7H8ClF2NS/c8-6-2-1-5(12-6)7(9,10)3-4-11/h1-2H,3-4,11H2. The van der Waals surface area contributed by atoms with Gasteiger partial charge in [0.15, 0.2) is 0 Å². The number of hydrogen-bond donors (Lipinski definition) is 1. The van der Waals surface area contributed by atoms with E-state index in [-0.39, 0.29) is 17.8 Å². The van der Waals surface area contributed by atoms with Crippen LogP contribution in [-0.2, 0) is 5.92 Å². The quantitative estimate of drug-likeness (QED) is 0.818. The van der Waals surface area contributed by atoms with Gasteiger partial charge in [-0.15, -0.1) is 11.3 Å². The van der Waals surface area contributed by atoms with E-state index in [2.05, 4.69) is 0 Å². The molecule has 5 heteroatoms. The van der Waals surface area contributed by atoms with Gasteiger partial charge in [-0.1, -0.05) is 11.6 Å². The third-order valence-corrected chi connectivity index (χ3v) is 2.74. The number of rotatable bonds is 3. The fourth-order valence-corrected chi connectivity index (χ4v) is 1.86. The van der Waals surface area contributed by atoms with E-state index in [0.29, 0.717) is 4.34 Å². The third-order valence-electron chi connectivity index (χ3n) is 1.39. The van der Waals surface area contributed by atoms with Crippen molar-refractivity contribution in [3.63, 3.8) is 0 Å². The maximum absolute atomic E-state index is 13.0. The maximum atomic E-state index is 13.0. The molecule has 68 valence electrons. The Hall–Kier alpha value is -0.190. The summed E-state index contributed by atoms with van der Waals surface area (Å²) in [5.74, 6) is -2.83. The Morgan fingerprint density at radius 3 is 2.58 bits per heavy atom. The Morgan fingerprint density at radius 1 is 1.50 bits per heavy atom. The second kappa shape index (κ2) is 3.68. The SMILES string of the molecule is NCCC(F)(F)c1ccc(Cl)s1. The fourth-order valence-electron chi connectivity index (χ4n) is 0.815. The molecule has 0 amide bonds. The molecule has 1 heterocycles. The number of alkyl halides is 2. The molecule has 0 fully saturated rings. The van der Waals surface area contributed by atoms with Crippen LogP contribution in [0, 0.1) is 0 Å². The van der Waals surface area contributed by atoms with Crippen molar-refractivity contribution in [3.05, 3.63) is 21.3 Å². The van der Waals surface area contributed by atoms with Crippen molar-refractivity contribution >= 4 is 22.9 Å². The summed E-state index contributed by atoms with van der Waals surface area (Å²) >= 11 is 6.42. The van der Waals surface area contributed by atoms with Gasteiger partial charge >= 0.3 is 0 Å². The fraction of sp³-hybridized carbons (Fsp3) is 0.429. The van der Waals surface area contributed by atoms with Gasteiger partial charge in [0.25, 0.3) is 5.92 Å². The largest absolute Gasteiger partial charge is 0.330 e. The van der Waals surface area contributed by atoms with Gasteiger partial charge in [-0.25, -0.2) is 8.78 Å². The Morgan fingerprint density at radius 2 is 2.17 bits per heavy atom. The van der Waals surface area contributed by atoms with Crippen molar-refractivity contribution in [3.8, 4) is 0 Å². The van der Waals surface area contributed by atoms with Crippen molar-refractivity contribution in [2.75, 3.05) is 6.54 Å². The van der Waals surface area contributed by atoms with Crippen LogP contribution in [0.2, 0.25) is 4.34 Å². The number of halogens is 3. The molecule has 0 radical (unpaired) electrons. The molecule has 0 aliphatic heterocycles. The van der Waals surface area contributed by atoms with E-state index in [9.17, 15) is 8.78 Å². The van der Waals surface area contributed by atoms with Crippen LogP contribution in [-0.4, -0.2) is 6.54 Å². The normalized spacial score (nSPS) is 12.0. The highest BCUT2D eigenvalue weighted by Crippen LogP contribution is 2.37. The van der Waals surface area contributed by atoms with Crippen molar-refractivity contribution < 1.29 is 8.78 Å². The van der Waals surface area contributed by atoms with E-state index in [1.807, 2.05) is 0 Å². The zero-order valence-electron chi connectivity index (χ0n) is 6.19. The zero-order valence-corrected chi connectivity index (χ0v) is 7.76. The van der Waals surface area contributed by atoms with Crippen LogP contribution in [0.5, 0.6) is 0 Å². The monoisotopic (exact) mass is 211 g/mol. The number of hydrogen-bond acceptors (Lipinski definition) is 2. The summed E-state index contributed by atoms with van der Waals surface area (Å²) < 4.78 is 26.5. The number of thiophene rings is 1. The summed E-state index contributed by atoms with van der Waals surface area (Å²) in [5.41, 5.74) is 5.05. The maximum Gasteiger partial charge on any atom is 0.283 e. The number of nitrogens with two attached hydrogens (primary N) is 1. The highest BCUT2D eigenvalue weighted by molar-refractivity contribution is 7.16. The van der Waals surface area contributed by atoms with Crippen LogP contribution in [0.3, 0.4) is 0 Å². The first kappa shape index (κ1) is 9.89. The highest BCUT2D eigenvalue weighted by Gasteiger charge is 2.31. The predicted octanol–water partition coefficient (Wildman–Crippen LogP) is 2.84. The van der Waals surface area contributed by atoms with E-state index >= 15 is 0 Å². The third kappa shape index (κ3) is 2.15. The Labute approximate surface area is 78.1 Å². The van der Waals surface area contributed by atoms with Crippen LogP contribution in [0.25, 0.3) is 0 Å². The lowest BCUT2D eigenvalue weighted by molar-refractivity contribution is -0.00681. The molecule has 0 aromatic carbocycles. The second-order valence-electron chi connectivity index (χ2n) is 2.35. The minimum Gasteiger partial charge on any atom is -0.330 e. The molecule has 0 saturated carbocycles. The molecule has 0 spiro atoms. The minimum atomic E-state index is -2.83. The van der Waals surface area contributed by atoms with Crippen LogP contribution < -0.4 is 5.73 Å². The van der Waals surface area contributed by atoms with Gasteiger partial charge < -0.3 is 5.73 Å². The van der Waals surface area contributed by atoms with Crippen molar-refractivity contribution in [2.45, 2.75) is 12.3 Å². The lowest BCUT2D eigenvalue weighted by Crippen LogP contribution is -2.17. The van der Waals surface area contributed by atoms with Crippen LogP contribution in [0.1, 0.15) is 11.3 Å². The molecule has 0 bridgehead atoms. The molecule has 2 N–H and O–H groups in total. The van der Waals surface area contributed by atoms with E-state index in [1.165, 1.54) is 12.1 Å². The topological polar surface area (TPSA) is 26.0 Å². The molecular formula is C7H8ClF2NS. The summed E-state index contributed by atoms with van der Waals surface area (Å²) in [4.78, 5) is -0.0158. The highest BCUT2D eigenvalue weighted by atomic mass is 35.5. The molecule has 0 aliphatic rings. The van der Waals surface area contributed by atoms with Gasteiger partial charge in [0.1, 0.15) is 0 Å². The van der Waals surface area contributed by atoms with Crippen molar-refractivity contribution in [1.82, 2.24) is 0 Å². The summed E-state index contributed by atoms with van der Waals surface area (Å²) in [6.45, 7) is -0.0253. The van der Waals surface area contributed by atoms with Crippen molar-refractivity contribution in [2.24, 2.45) is 5.73 Å². The average Bonchev–Trinajstić information content (AvgIpc) is 2.36.